The van der Waals surface area contributed by atoms with E-state index in [1.807, 2.05) is 12.1 Å². The molecule has 0 spiro atoms. The molecule has 2 rings (SSSR count). The first-order valence-corrected chi connectivity index (χ1v) is 6.67. The maximum Gasteiger partial charge on any atom is 0.196 e. The summed E-state index contributed by atoms with van der Waals surface area (Å²) < 4.78 is 1.07. The second-order valence-electron chi connectivity index (χ2n) is 3.43. The molecular weight excluding hydrogens is 370 g/mol. The van der Waals surface area contributed by atoms with Crippen LogP contribution in [0.15, 0.2) is 42.5 Å². The van der Waals surface area contributed by atoms with Crippen LogP contribution < -0.4 is 0 Å². The summed E-state index contributed by atoms with van der Waals surface area (Å²) in [5.74, 6) is -0.156. The second kappa shape index (κ2) is 5.38. The van der Waals surface area contributed by atoms with Gasteiger partial charge in [-0.1, -0.05) is 29.3 Å². The number of benzene rings is 2. The molecule has 17 heavy (non-hydrogen) atoms. The highest BCUT2D eigenvalue weighted by Crippen LogP contribution is 2.27. The lowest BCUT2D eigenvalue weighted by Crippen LogP contribution is -2.03. The second-order valence-corrected chi connectivity index (χ2v) is 5.49. The van der Waals surface area contributed by atoms with Crippen molar-refractivity contribution in [3.63, 3.8) is 0 Å². The van der Waals surface area contributed by atoms with Gasteiger partial charge in [0.15, 0.2) is 5.78 Å². The number of hydrogen-bond donors (Lipinski definition) is 0. The van der Waals surface area contributed by atoms with Gasteiger partial charge in [-0.15, -0.1) is 0 Å². The van der Waals surface area contributed by atoms with E-state index in [-0.39, 0.29) is 5.78 Å². The molecule has 0 aromatic heterocycles. The molecule has 0 saturated heterocycles. The molecule has 2 aromatic rings. The Labute approximate surface area is 123 Å². The van der Waals surface area contributed by atoms with Crippen molar-refractivity contribution in [2.45, 2.75) is 0 Å². The lowest BCUT2D eigenvalue weighted by molar-refractivity contribution is 0.103. The highest BCUT2D eigenvalue weighted by atomic mass is 127. The van der Waals surface area contributed by atoms with Crippen molar-refractivity contribution < 1.29 is 4.79 Å². The Morgan fingerprint density at radius 1 is 0.941 bits per heavy atom. The molecule has 1 nitrogen and oxygen atoms in total. The van der Waals surface area contributed by atoms with Crippen LogP contribution in [0, 0.1) is 3.57 Å². The molecular formula is C13H7Cl2IO. The summed E-state index contributed by atoms with van der Waals surface area (Å²) in [6.07, 6.45) is 0. The summed E-state index contributed by atoms with van der Waals surface area (Å²) >= 11 is 14.2. The molecule has 0 radical (unpaired) electrons. The molecule has 0 N–H and O–H groups in total. The van der Waals surface area contributed by atoms with Gasteiger partial charge in [0.05, 0.1) is 15.6 Å². The van der Waals surface area contributed by atoms with E-state index < -0.39 is 0 Å². The first-order valence-electron chi connectivity index (χ1n) is 4.84. The maximum absolute atomic E-state index is 12.2. The summed E-state index contributed by atoms with van der Waals surface area (Å²) in [5, 5.41) is 0.752. The van der Waals surface area contributed by atoms with Crippen molar-refractivity contribution in [3.8, 4) is 0 Å². The van der Waals surface area contributed by atoms with E-state index in [0.29, 0.717) is 21.2 Å². The Morgan fingerprint density at radius 3 is 2.00 bits per heavy atom. The van der Waals surface area contributed by atoms with Crippen LogP contribution in [0.1, 0.15) is 15.9 Å². The van der Waals surface area contributed by atoms with E-state index >= 15 is 0 Å². The first kappa shape index (κ1) is 12.9. The van der Waals surface area contributed by atoms with E-state index in [1.165, 1.54) is 0 Å². The van der Waals surface area contributed by atoms with Gasteiger partial charge in [0.25, 0.3) is 0 Å². The summed E-state index contributed by atoms with van der Waals surface area (Å²) in [7, 11) is 0. The van der Waals surface area contributed by atoms with Crippen LogP contribution in [-0.2, 0) is 0 Å². The summed E-state index contributed by atoms with van der Waals surface area (Å²) in [4.78, 5) is 12.2. The van der Waals surface area contributed by atoms with Gasteiger partial charge < -0.3 is 0 Å². The molecule has 0 amide bonds. The maximum atomic E-state index is 12.2. The van der Waals surface area contributed by atoms with E-state index in [1.54, 1.807) is 30.3 Å². The zero-order valence-electron chi connectivity index (χ0n) is 8.58. The van der Waals surface area contributed by atoms with Gasteiger partial charge in [0.1, 0.15) is 0 Å². The van der Waals surface area contributed by atoms with E-state index in [4.69, 9.17) is 23.2 Å². The van der Waals surface area contributed by atoms with E-state index in [0.717, 1.165) is 3.57 Å². The van der Waals surface area contributed by atoms with Crippen molar-refractivity contribution in [3.05, 3.63) is 67.2 Å². The fourth-order valence-corrected chi connectivity index (χ4v) is 2.39. The largest absolute Gasteiger partial charge is 0.288 e. The minimum absolute atomic E-state index is 0.156. The molecule has 0 atom stereocenters. The quantitative estimate of drug-likeness (QED) is 0.542. The topological polar surface area (TPSA) is 17.1 Å². The fourth-order valence-electron chi connectivity index (χ4n) is 1.46. The average molecular weight is 377 g/mol. The van der Waals surface area contributed by atoms with Crippen LogP contribution in [0.3, 0.4) is 0 Å². The number of hydrogen-bond acceptors (Lipinski definition) is 1. The summed E-state index contributed by atoms with van der Waals surface area (Å²) in [6, 6.07) is 12.3. The smallest absolute Gasteiger partial charge is 0.196 e. The third-order valence-electron chi connectivity index (χ3n) is 2.30. The molecule has 0 bridgehead atoms. The first-order chi connectivity index (χ1) is 8.09. The van der Waals surface area contributed by atoms with Crippen molar-refractivity contribution in [1.82, 2.24) is 0 Å². The molecule has 0 heterocycles. The normalized spacial score (nSPS) is 10.3. The summed E-state index contributed by atoms with van der Waals surface area (Å²) in [6.45, 7) is 0. The highest BCUT2D eigenvalue weighted by Gasteiger charge is 2.16. The Morgan fingerprint density at radius 2 is 1.47 bits per heavy atom. The van der Waals surface area contributed by atoms with Crippen molar-refractivity contribution in [2.24, 2.45) is 0 Å². The van der Waals surface area contributed by atoms with Crippen LogP contribution in [0.5, 0.6) is 0 Å². The molecule has 0 unspecified atom stereocenters. The monoisotopic (exact) mass is 376 g/mol. The minimum Gasteiger partial charge on any atom is -0.288 e. The minimum atomic E-state index is -0.156. The van der Waals surface area contributed by atoms with Crippen molar-refractivity contribution in [1.29, 1.82) is 0 Å². The molecule has 0 fully saturated rings. The lowest BCUT2D eigenvalue weighted by atomic mass is 10.0. The number of carbonyl (C=O) groups is 1. The van der Waals surface area contributed by atoms with Crippen LogP contribution in [0.4, 0.5) is 0 Å². The zero-order chi connectivity index (χ0) is 12.4. The van der Waals surface area contributed by atoms with Crippen LogP contribution in [-0.4, -0.2) is 5.78 Å². The predicted molar refractivity (Wildman–Crippen MR) is 79.1 cm³/mol. The van der Waals surface area contributed by atoms with Crippen molar-refractivity contribution >= 4 is 51.6 Å². The Kier molecular flexibility index (Phi) is 4.07. The lowest BCUT2D eigenvalue weighted by Gasteiger charge is -2.05. The van der Waals surface area contributed by atoms with Gasteiger partial charge in [-0.3, -0.25) is 4.79 Å². The SMILES string of the molecule is O=C(c1ccc(I)cc1)c1c(Cl)cccc1Cl. The molecule has 0 aliphatic carbocycles. The van der Waals surface area contributed by atoms with Crippen molar-refractivity contribution in [2.75, 3.05) is 0 Å². The van der Waals surface area contributed by atoms with Gasteiger partial charge >= 0.3 is 0 Å². The van der Waals surface area contributed by atoms with Crippen LogP contribution >= 0.6 is 45.8 Å². The third kappa shape index (κ3) is 2.81. The fraction of sp³-hybridized carbons (Fsp3) is 0. The molecule has 2 aromatic carbocycles. The van der Waals surface area contributed by atoms with Gasteiger partial charge in [0.2, 0.25) is 0 Å². The Balaban J connectivity index is 2.47. The van der Waals surface area contributed by atoms with Crippen LogP contribution in [0.25, 0.3) is 0 Å². The van der Waals surface area contributed by atoms with Crippen LogP contribution in [0.2, 0.25) is 10.0 Å². The average Bonchev–Trinajstić information content (AvgIpc) is 2.29. The third-order valence-corrected chi connectivity index (χ3v) is 3.65. The number of halogens is 3. The Hall–Kier alpha value is -0.580. The number of carbonyl (C=O) groups excluding carboxylic acids is 1. The van der Waals surface area contributed by atoms with Gasteiger partial charge in [0, 0.05) is 9.13 Å². The highest BCUT2D eigenvalue weighted by molar-refractivity contribution is 14.1. The molecule has 0 aliphatic rings. The summed E-state index contributed by atoms with van der Waals surface area (Å²) in [5.41, 5.74) is 0.942. The molecule has 0 saturated carbocycles. The molecule has 0 aliphatic heterocycles. The zero-order valence-corrected chi connectivity index (χ0v) is 12.3. The number of ketones is 1. The van der Waals surface area contributed by atoms with Gasteiger partial charge in [-0.2, -0.15) is 0 Å². The Bertz CT molecular complexity index is 544. The van der Waals surface area contributed by atoms with Gasteiger partial charge in [-0.25, -0.2) is 0 Å². The van der Waals surface area contributed by atoms with E-state index in [9.17, 15) is 4.79 Å². The predicted octanol–water partition coefficient (Wildman–Crippen LogP) is 4.83. The molecule has 86 valence electrons. The standard InChI is InChI=1S/C13H7Cl2IO/c14-10-2-1-3-11(15)12(10)13(17)8-4-6-9(16)7-5-8/h1-7H. The molecule has 4 heteroatoms. The van der Waals surface area contributed by atoms with E-state index in [2.05, 4.69) is 22.6 Å². The van der Waals surface area contributed by atoms with Gasteiger partial charge in [-0.05, 0) is 59.0 Å². The number of rotatable bonds is 2.